The number of nitrogens with one attached hydrogen (secondary N) is 2. The smallest absolute Gasteiger partial charge is 0.155 e. The van der Waals surface area contributed by atoms with E-state index in [4.69, 9.17) is 4.74 Å². The Kier molecular flexibility index (Phi) is 5.82. The van der Waals surface area contributed by atoms with Crippen molar-refractivity contribution < 1.29 is 9.13 Å². The molecular formula is C28H24FN7O. The van der Waals surface area contributed by atoms with Gasteiger partial charge in [0, 0.05) is 47.0 Å². The molecule has 9 heteroatoms. The maximum atomic E-state index is 13.5. The average molecular weight is 494 g/mol. The van der Waals surface area contributed by atoms with Crippen LogP contribution in [0.3, 0.4) is 0 Å². The summed E-state index contributed by atoms with van der Waals surface area (Å²) in [6.07, 6.45) is 7.04. The lowest BCUT2D eigenvalue weighted by Gasteiger charge is -2.11. The fourth-order valence-electron chi connectivity index (χ4n) is 4.30. The maximum absolute atomic E-state index is 13.5. The van der Waals surface area contributed by atoms with Gasteiger partial charge in [0.25, 0.3) is 0 Å². The van der Waals surface area contributed by atoms with E-state index >= 15 is 0 Å². The van der Waals surface area contributed by atoms with Crippen LogP contribution in [0.25, 0.3) is 55.7 Å². The van der Waals surface area contributed by atoms with Gasteiger partial charge in [-0.2, -0.15) is 5.10 Å². The van der Waals surface area contributed by atoms with E-state index in [-0.39, 0.29) is 5.82 Å². The molecule has 5 aromatic heterocycles. The highest BCUT2D eigenvalue weighted by Gasteiger charge is 2.16. The minimum Gasteiger partial charge on any atom is -0.491 e. The fourth-order valence-corrected chi connectivity index (χ4v) is 4.30. The highest BCUT2D eigenvalue weighted by Crippen LogP contribution is 2.34. The van der Waals surface area contributed by atoms with Crippen LogP contribution >= 0.6 is 0 Å². The van der Waals surface area contributed by atoms with Crippen LogP contribution in [0.1, 0.15) is 0 Å². The number of hydrogen-bond donors (Lipinski definition) is 2. The van der Waals surface area contributed by atoms with Gasteiger partial charge in [-0.3, -0.25) is 10.1 Å². The molecule has 2 N–H and O–H groups in total. The van der Waals surface area contributed by atoms with Gasteiger partial charge in [0.1, 0.15) is 29.5 Å². The summed E-state index contributed by atoms with van der Waals surface area (Å²) in [5.74, 6) is 0.442. The van der Waals surface area contributed by atoms with Crippen molar-refractivity contribution in [2.24, 2.45) is 0 Å². The minimum atomic E-state index is -0.268. The number of benzene rings is 1. The van der Waals surface area contributed by atoms with Crippen LogP contribution < -0.4 is 4.74 Å². The normalized spacial score (nSPS) is 11.6. The second-order valence-corrected chi connectivity index (χ2v) is 9.06. The quantitative estimate of drug-likeness (QED) is 0.313. The number of likely N-dealkylation sites (N-methyl/N-ethyl adjacent to an activating group) is 1. The van der Waals surface area contributed by atoms with Crippen LogP contribution in [0, 0.1) is 5.82 Å². The lowest BCUT2D eigenvalue weighted by molar-refractivity contribution is 0.261. The van der Waals surface area contributed by atoms with Crippen LogP contribution in [0.2, 0.25) is 0 Å². The minimum absolute atomic E-state index is 0.268. The summed E-state index contributed by atoms with van der Waals surface area (Å²) >= 11 is 0. The van der Waals surface area contributed by atoms with E-state index in [1.54, 1.807) is 36.9 Å². The Bertz CT molecular complexity index is 1710. The number of aromatic amines is 2. The van der Waals surface area contributed by atoms with Crippen LogP contribution in [0.15, 0.2) is 73.3 Å². The van der Waals surface area contributed by atoms with E-state index in [2.05, 4.69) is 35.0 Å². The van der Waals surface area contributed by atoms with E-state index in [1.807, 2.05) is 38.4 Å². The number of hydrogen-bond acceptors (Lipinski definition) is 6. The van der Waals surface area contributed by atoms with Crippen molar-refractivity contribution in [3.63, 3.8) is 0 Å². The third-order valence-corrected chi connectivity index (χ3v) is 6.21. The van der Waals surface area contributed by atoms with Crippen molar-refractivity contribution in [1.29, 1.82) is 0 Å². The Morgan fingerprint density at radius 3 is 2.54 bits per heavy atom. The predicted octanol–water partition coefficient (Wildman–Crippen LogP) is 5.31. The van der Waals surface area contributed by atoms with Crippen LogP contribution in [0.4, 0.5) is 4.39 Å². The molecule has 0 spiro atoms. The zero-order chi connectivity index (χ0) is 25.4. The van der Waals surface area contributed by atoms with Crippen LogP contribution in [-0.2, 0) is 0 Å². The van der Waals surface area contributed by atoms with Gasteiger partial charge in [0.2, 0.25) is 0 Å². The Morgan fingerprint density at radius 1 is 0.865 bits per heavy atom. The van der Waals surface area contributed by atoms with Crippen LogP contribution in [0.5, 0.6) is 5.75 Å². The van der Waals surface area contributed by atoms with Crippen molar-refractivity contribution in [3.8, 4) is 39.4 Å². The molecule has 0 radical (unpaired) electrons. The summed E-state index contributed by atoms with van der Waals surface area (Å²) in [4.78, 5) is 18.9. The Balaban J connectivity index is 1.37. The topological polar surface area (TPSA) is 95.6 Å². The molecule has 0 saturated carbocycles. The molecule has 0 unspecified atom stereocenters. The molecule has 0 bridgehead atoms. The highest BCUT2D eigenvalue weighted by atomic mass is 19.1. The summed E-state index contributed by atoms with van der Waals surface area (Å²) in [6, 6.07) is 14.4. The summed E-state index contributed by atoms with van der Waals surface area (Å²) in [6.45, 7) is 1.40. The Morgan fingerprint density at radius 2 is 1.70 bits per heavy atom. The first-order chi connectivity index (χ1) is 18.0. The number of ether oxygens (including phenoxy) is 1. The fraction of sp³-hybridized carbons (Fsp3) is 0.143. The first-order valence-corrected chi connectivity index (χ1v) is 11.9. The van der Waals surface area contributed by atoms with E-state index in [9.17, 15) is 4.39 Å². The molecule has 0 aliphatic carbocycles. The van der Waals surface area contributed by atoms with Crippen molar-refractivity contribution in [3.05, 3.63) is 79.1 Å². The maximum Gasteiger partial charge on any atom is 0.155 e. The highest BCUT2D eigenvalue weighted by molar-refractivity contribution is 5.99. The molecule has 0 aliphatic rings. The number of aromatic nitrogens is 6. The van der Waals surface area contributed by atoms with E-state index in [1.165, 1.54) is 12.1 Å². The largest absolute Gasteiger partial charge is 0.491 e. The average Bonchev–Trinajstić information content (AvgIpc) is 3.53. The van der Waals surface area contributed by atoms with Crippen molar-refractivity contribution >= 4 is 22.1 Å². The van der Waals surface area contributed by atoms with Gasteiger partial charge in [-0.15, -0.1) is 0 Å². The van der Waals surface area contributed by atoms with Crippen molar-refractivity contribution in [2.75, 3.05) is 27.2 Å². The third kappa shape index (κ3) is 4.52. The van der Waals surface area contributed by atoms with Gasteiger partial charge in [-0.1, -0.05) is 12.1 Å². The molecule has 0 amide bonds. The lowest BCUT2D eigenvalue weighted by Crippen LogP contribution is -2.19. The van der Waals surface area contributed by atoms with Gasteiger partial charge < -0.3 is 14.6 Å². The number of halogens is 1. The van der Waals surface area contributed by atoms with Gasteiger partial charge in [0.05, 0.1) is 11.9 Å². The molecule has 0 aliphatic heterocycles. The second kappa shape index (κ2) is 9.44. The predicted molar refractivity (Wildman–Crippen MR) is 142 cm³/mol. The molecule has 0 saturated heterocycles. The molecular weight excluding hydrogens is 469 g/mol. The van der Waals surface area contributed by atoms with Gasteiger partial charge in [-0.05, 0) is 61.6 Å². The molecule has 0 atom stereocenters. The zero-order valence-corrected chi connectivity index (χ0v) is 20.4. The second-order valence-electron chi connectivity index (χ2n) is 9.06. The molecule has 37 heavy (non-hydrogen) atoms. The lowest BCUT2D eigenvalue weighted by atomic mass is 10.0. The van der Waals surface area contributed by atoms with Crippen LogP contribution in [-0.4, -0.2) is 62.3 Å². The third-order valence-electron chi connectivity index (χ3n) is 6.21. The Labute approximate surface area is 212 Å². The molecule has 0 fully saturated rings. The number of H-pyrrole nitrogens is 2. The Hall–Kier alpha value is -4.63. The molecule has 5 heterocycles. The van der Waals surface area contributed by atoms with E-state index in [0.717, 1.165) is 56.6 Å². The summed E-state index contributed by atoms with van der Waals surface area (Å²) in [5.41, 5.74) is 6.63. The zero-order valence-electron chi connectivity index (χ0n) is 20.4. The summed E-state index contributed by atoms with van der Waals surface area (Å²) in [5, 5.41) is 9.36. The number of nitrogens with zero attached hydrogens (tertiary/aromatic N) is 5. The monoisotopic (exact) mass is 493 g/mol. The summed E-state index contributed by atoms with van der Waals surface area (Å²) < 4.78 is 19.3. The van der Waals surface area contributed by atoms with Gasteiger partial charge in [-0.25, -0.2) is 14.4 Å². The van der Waals surface area contributed by atoms with E-state index < -0.39 is 0 Å². The molecule has 184 valence electrons. The molecule has 1 aromatic carbocycles. The van der Waals surface area contributed by atoms with Crippen molar-refractivity contribution in [2.45, 2.75) is 0 Å². The van der Waals surface area contributed by atoms with E-state index in [0.29, 0.717) is 18.0 Å². The summed E-state index contributed by atoms with van der Waals surface area (Å²) in [7, 11) is 4.02. The SMILES string of the molecule is CN(C)CCOc1cncc(-c2cnc3[nH]nc(-c4cc5c(-c6ccc(F)cc6)ccnc5[nH]4)c3c2)c1. The molecule has 6 aromatic rings. The molecule has 8 nitrogen and oxygen atoms in total. The first kappa shape index (κ1) is 22.8. The number of pyridine rings is 3. The molecule has 6 rings (SSSR count). The standard InChI is InChI=1S/C28H24FN7O/c1-36(2)9-10-37-21-11-18(14-30-16-21)19-12-24-26(34-35-28(24)32-15-19)25-13-23-22(7-8-31-27(23)33-25)17-3-5-20(29)6-4-17/h3-8,11-16H,9-10H2,1-2H3,(H,31,33)(H,32,34,35). The first-order valence-electron chi connectivity index (χ1n) is 11.9. The number of rotatable bonds is 7. The number of fused-ring (bicyclic) bond motifs is 2. The van der Waals surface area contributed by atoms with Gasteiger partial charge in [0.15, 0.2) is 5.65 Å². The van der Waals surface area contributed by atoms with Crippen molar-refractivity contribution in [1.82, 2.24) is 35.0 Å². The van der Waals surface area contributed by atoms with Gasteiger partial charge >= 0.3 is 0 Å².